The van der Waals surface area contributed by atoms with Crippen molar-refractivity contribution in [3.05, 3.63) is 52.1 Å². The summed E-state index contributed by atoms with van der Waals surface area (Å²) < 4.78 is 16.1. The summed E-state index contributed by atoms with van der Waals surface area (Å²) in [5.74, 6) is -0.271. The topological polar surface area (TPSA) is 29.9 Å². The van der Waals surface area contributed by atoms with Crippen LogP contribution >= 0.6 is 11.6 Å². The van der Waals surface area contributed by atoms with Gasteiger partial charge in [0.1, 0.15) is 5.82 Å². The summed E-state index contributed by atoms with van der Waals surface area (Å²) in [5, 5.41) is 8.23. The van der Waals surface area contributed by atoms with Crippen LogP contribution in [-0.2, 0) is 13.0 Å². The number of nitrogens with one attached hydrogen (secondary N) is 1. The normalized spacial score (nSPS) is 12.6. The number of nitrogens with zero attached hydrogens (tertiary/aromatic N) is 2. The van der Waals surface area contributed by atoms with E-state index in [1.165, 1.54) is 6.07 Å². The number of aromatic nitrogens is 2. The summed E-state index contributed by atoms with van der Waals surface area (Å²) in [5.41, 5.74) is 2.59. The second kappa shape index (κ2) is 7.05. The van der Waals surface area contributed by atoms with Crippen LogP contribution in [-0.4, -0.2) is 16.3 Å². The van der Waals surface area contributed by atoms with Crippen LogP contribution in [0.2, 0.25) is 5.02 Å². The number of hydrogen-bond acceptors (Lipinski definition) is 2. The van der Waals surface area contributed by atoms with E-state index in [-0.39, 0.29) is 11.9 Å². The number of rotatable bonds is 6. The predicted octanol–water partition coefficient (Wildman–Crippen LogP) is 3.90. The summed E-state index contributed by atoms with van der Waals surface area (Å²) >= 11 is 6.20. The third-order valence-electron chi connectivity index (χ3n) is 3.50. The highest BCUT2D eigenvalue weighted by molar-refractivity contribution is 6.31. The maximum Gasteiger partial charge on any atom is 0.129 e. The Hall–Kier alpha value is -1.39. The molecule has 1 aromatic heterocycles. The molecule has 1 heterocycles. The summed E-state index contributed by atoms with van der Waals surface area (Å²) in [4.78, 5) is 0. The van der Waals surface area contributed by atoms with Gasteiger partial charge in [-0.15, -0.1) is 0 Å². The van der Waals surface area contributed by atoms with E-state index in [2.05, 4.69) is 10.4 Å². The molecule has 0 aliphatic heterocycles. The first-order chi connectivity index (χ1) is 10.1. The van der Waals surface area contributed by atoms with Crippen molar-refractivity contribution in [1.29, 1.82) is 0 Å². The van der Waals surface area contributed by atoms with Crippen LogP contribution in [0.3, 0.4) is 0 Å². The van der Waals surface area contributed by atoms with E-state index in [0.717, 1.165) is 24.5 Å². The summed E-state index contributed by atoms with van der Waals surface area (Å²) in [6.07, 6.45) is 0.656. The smallest absolute Gasteiger partial charge is 0.129 e. The largest absolute Gasteiger partial charge is 0.310 e. The molecule has 5 heteroatoms. The minimum atomic E-state index is -0.271. The zero-order valence-electron chi connectivity index (χ0n) is 12.7. The van der Waals surface area contributed by atoms with Crippen molar-refractivity contribution in [3.8, 4) is 0 Å². The highest BCUT2D eigenvalue weighted by atomic mass is 35.5. The van der Waals surface area contributed by atoms with E-state index in [9.17, 15) is 4.39 Å². The van der Waals surface area contributed by atoms with Crippen molar-refractivity contribution < 1.29 is 4.39 Å². The number of halogens is 2. The van der Waals surface area contributed by atoms with Gasteiger partial charge >= 0.3 is 0 Å². The Bertz CT molecular complexity index is 589. The molecular formula is C16H21ClFN3. The van der Waals surface area contributed by atoms with Crippen LogP contribution in [0.1, 0.15) is 36.8 Å². The predicted molar refractivity (Wildman–Crippen MR) is 84.2 cm³/mol. The Morgan fingerprint density at radius 2 is 2.14 bits per heavy atom. The molecule has 0 aliphatic carbocycles. The third-order valence-corrected chi connectivity index (χ3v) is 3.83. The van der Waals surface area contributed by atoms with Gasteiger partial charge in [-0.05, 0) is 38.6 Å². The summed E-state index contributed by atoms with van der Waals surface area (Å²) in [6.45, 7) is 7.56. The molecule has 0 radical (unpaired) electrons. The quantitative estimate of drug-likeness (QED) is 0.877. The van der Waals surface area contributed by atoms with Crippen molar-refractivity contribution in [2.45, 2.75) is 39.8 Å². The Labute approximate surface area is 130 Å². The number of likely N-dealkylation sites (N-methyl/N-ethyl adjacent to an activating group) is 1. The summed E-state index contributed by atoms with van der Waals surface area (Å²) in [6, 6.07) is 6.69. The van der Waals surface area contributed by atoms with Gasteiger partial charge in [0.15, 0.2) is 0 Å². The van der Waals surface area contributed by atoms with Gasteiger partial charge in [-0.2, -0.15) is 5.10 Å². The molecule has 0 amide bonds. The average molecular weight is 310 g/mol. The van der Waals surface area contributed by atoms with Crippen LogP contribution in [0.25, 0.3) is 0 Å². The number of hydrogen-bond donors (Lipinski definition) is 1. The average Bonchev–Trinajstić information content (AvgIpc) is 2.78. The van der Waals surface area contributed by atoms with Gasteiger partial charge in [-0.3, -0.25) is 4.68 Å². The number of aryl methyl sites for hydroxylation is 2. The fourth-order valence-electron chi connectivity index (χ4n) is 2.61. The van der Waals surface area contributed by atoms with Crippen LogP contribution in [0.5, 0.6) is 0 Å². The standard InChI is InChI=1S/C16H21ClFN3/c1-4-19-15(16-13(17)7-6-8-14(16)18)10-12-9-11(3)20-21(12)5-2/h6-9,15,19H,4-5,10H2,1-3H3. The van der Waals surface area contributed by atoms with Crippen molar-refractivity contribution in [2.24, 2.45) is 0 Å². The van der Waals surface area contributed by atoms with Crippen molar-refractivity contribution in [2.75, 3.05) is 6.54 Å². The molecule has 114 valence electrons. The lowest BCUT2D eigenvalue weighted by Gasteiger charge is -2.20. The third kappa shape index (κ3) is 3.63. The molecule has 1 N–H and O–H groups in total. The second-order valence-electron chi connectivity index (χ2n) is 5.04. The molecule has 0 bridgehead atoms. The van der Waals surface area contributed by atoms with E-state index < -0.39 is 0 Å². The van der Waals surface area contributed by atoms with Gasteiger partial charge < -0.3 is 5.32 Å². The molecule has 1 unspecified atom stereocenters. The maximum atomic E-state index is 14.2. The van der Waals surface area contributed by atoms with E-state index in [0.29, 0.717) is 17.0 Å². The van der Waals surface area contributed by atoms with Gasteiger partial charge in [-0.25, -0.2) is 4.39 Å². The molecule has 0 fully saturated rings. The highest BCUT2D eigenvalue weighted by Crippen LogP contribution is 2.28. The minimum absolute atomic E-state index is 0.162. The van der Waals surface area contributed by atoms with Crippen LogP contribution in [0, 0.1) is 12.7 Å². The fourth-order valence-corrected chi connectivity index (χ4v) is 2.91. The molecule has 21 heavy (non-hydrogen) atoms. The Morgan fingerprint density at radius 3 is 2.76 bits per heavy atom. The highest BCUT2D eigenvalue weighted by Gasteiger charge is 2.20. The molecular weight excluding hydrogens is 289 g/mol. The number of benzene rings is 1. The lowest BCUT2D eigenvalue weighted by atomic mass is 10.0. The maximum absolute atomic E-state index is 14.2. The van der Waals surface area contributed by atoms with Crippen LogP contribution < -0.4 is 5.32 Å². The first kappa shape index (κ1) is 16.0. The first-order valence-corrected chi connectivity index (χ1v) is 7.65. The van der Waals surface area contributed by atoms with E-state index in [1.807, 2.05) is 31.5 Å². The molecule has 0 spiro atoms. The molecule has 0 saturated carbocycles. The molecule has 1 atom stereocenters. The van der Waals surface area contributed by atoms with Gasteiger partial charge in [0, 0.05) is 35.3 Å². The lowest BCUT2D eigenvalue weighted by molar-refractivity contribution is 0.490. The van der Waals surface area contributed by atoms with Gasteiger partial charge in [0.25, 0.3) is 0 Å². The van der Waals surface area contributed by atoms with Crippen molar-refractivity contribution in [1.82, 2.24) is 15.1 Å². The molecule has 0 aliphatic rings. The van der Waals surface area contributed by atoms with Gasteiger partial charge in [0.05, 0.1) is 5.69 Å². The minimum Gasteiger partial charge on any atom is -0.310 e. The first-order valence-electron chi connectivity index (χ1n) is 7.27. The summed E-state index contributed by atoms with van der Waals surface area (Å²) in [7, 11) is 0. The fraction of sp³-hybridized carbons (Fsp3) is 0.438. The van der Waals surface area contributed by atoms with Gasteiger partial charge in [-0.1, -0.05) is 24.6 Å². The van der Waals surface area contributed by atoms with Crippen LogP contribution in [0.4, 0.5) is 4.39 Å². The Balaban J connectivity index is 2.35. The SMILES string of the molecule is CCNC(Cc1cc(C)nn1CC)c1c(F)cccc1Cl. The molecule has 0 saturated heterocycles. The van der Waals surface area contributed by atoms with Crippen LogP contribution in [0.15, 0.2) is 24.3 Å². The molecule has 1 aromatic carbocycles. The second-order valence-corrected chi connectivity index (χ2v) is 5.45. The molecule has 3 nitrogen and oxygen atoms in total. The van der Waals surface area contributed by atoms with Gasteiger partial charge in [0.2, 0.25) is 0 Å². The van der Waals surface area contributed by atoms with E-state index >= 15 is 0 Å². The zero-order chi connectivity index (χ0) is 15.4. The van der Waals surface area contributed by atoms with Crippen molar-refractivity contribution in [3.63, 3.8) is 0 Å². The molecule has 2 rings (SSSR count). The monoisotopic (exact) mass is 309 g/mol. The van der Waals surface area contributed by atoms with Crippen molar-refractivity contribution >= 4 is 11.6 Å². The van der Waals surface area contributed by atoms with E-state index in [1.54, 1.807) is 12.1 Å². The Kier molecular flexibility index (Phi) is 5.37. The zero-order valence-corrected chi connectivity index (χ0v) is 13.4. The molecule has 2 aromatic rings. The lowest BCUT2D eigenvalue weighted by Crippen LogP contribution is -2.25. The Morgan fingerprint density at radius 1 is 1.38 bits per heavy atom. The van der Waals surface area contributed by atoms with E-state index in [4.69, 9.17) is 11.6 Å².